The molecule has 2 aromatic rings. The zero-order valence-corrected chi connectivity index (χ0v) is 16.1. The second-order valence-corrected chi connectivity index (χ2v) is 7.40. The van der Waals surface area contributed by atoms with Crippen LogP contribution in [0.1, 0.15) is 31.2 Å². The molecule has 2 aromatic carbocycles. The molecular weight excluding hydrogens is 356 g/mol. The Kier molecular flexibility index (Phi) is 5.50. The van der Waals surface area contributed by atoms with Crippen molar-refractivity contribution in [2.75, 3.05) is 18.5 Å². The molecule has 6 heteroatoms. The maximum Gasteiger partial charge on any atom is 0.319 e. The van der Waals surface area contributed by atoms with Crippen molar-refractivity contribution in [1.82, 2.24) is 5.32 Å². The quantitative estimate of drug-likeness (QED) is 0.811. The fourth-order valence-corrected chi connectivity index (χ4v) is 3.80. The Bertz CT molecular complexity index is 823. The molecule has 6 nitrogen and oxygen atoms in total. The summed E-state index contributed by atoms with van der Waals surface area (Å²) in [6, 6.07) is 15.1. The zero-order valence-electron chi connectivity index (χ0n) is 16.1. The highest BCUT2D eigenvalue weighted by atomic mass is 16.7. The van der Waals surface area contributed by atoms with Gasteiger partial charge in [0.05, 0.1) is 18.9 Å². The monoisotopic (exact) mass is 382 g/mol. The van der Waals surface area contributed by atoms with Gasteiger partial charge in [-0.05, 0) is 49.6 Å². The van der Waals surface area contributed by atoms with E-state index in [2.05, 4.69) is 10.6 Å². The molecule has 2 aliphatic rings. The number of urea groups is 1. The SMILES string of the molecule is Cc1cccc(Oc2ccccc2NC(=O)NC2CCC3(CC2)OCCO3)c1. The Hall–Kier alpha value is -2.57. The highest BCUT2D eigenvalue weighted by molar-refractivity contribution is 5.91. The van der Waals surface area contributed by atoms with E-state index >= 15 is 0 Å². The average Bonchev–Trinajstić information content (AvgIpc) is 3.14. The minimum Gasteiger partial charge on any atom is -0.455 e. The molecule has 1 saturated heterocycles. The molecule has 0 aromatic heterocycles. The molecule has 1 spiro atoms. The first-order valence-electron chi connectivity index (χ1n) is 9.81. The molecule has 0 atom stereocenters. The number of benzene rings is 2. The second-order valence-electron chi connectivity index (χ2n) is 7.40. The molecule has 1 aliphatic heterocycles. The Labute approximate surface area is 165 Å². The summed E-state index contributed by atoms with van der Waals surface area (Å²) in [5.41, 5.74) is 1.75. The lowest BCUT2D eigenvalue weighted by atomic mass is 9.90. The van der Waals surface area contributed by atoms with Gasteiger partial charge in [-0.2, -0.15) is 0 Å². The van der Waals surface area contributed by atoms with E-state index in [4.69, 9.17) is 14.2 Å². The van der Waals surface area contributed by atoms with Gasteiger partial charge in [0.15, 0.2) is 11.5 Å². The van der Waals surface area contributed by atoms with Crippen LogP contribution in [0.2, 0.25) is 0 Å². The molecule has 1 aliphatic carbocycles. The van der Waals surface area contributed by atoms with Gasteiger partial charge in [-0.15, -0.1) is 0 Å². The molecule has 28 heavy (non-hydrogen) atoms. The zero-order chi connectivity index (χ0) is 19.4. The number of nitrogens with one attached hydrogen (secondary N) is 2. The predicted molar refractivity (Wildman–Crippen MR) is 107 cm³/mol. The summed E-state index contributed by atoms with van der Waals surface area (Å²) in [6.45, 7) is 3.34. The van der Waals surface area contributed by atoms with Crippen LogP contribution in [0.25, 0.3) is 0 Å². The largest absolute Gasteiger partial charge is 0.455 e. The van der Waals surface area contributed by atoms with Crippen LogP contribution in [0, 0.1) is 6.92 Å². The van der Waals surface area contributed by atoms with Crippen molar-refractivity contribution < 1.29 is 19.0 Å². The normalized spacial score (nSPS) is 18.8. The molecule has 4 rings (SSSR count). The maximum absolute atomic E-state index is 12.5. The summed E-state index contributed by atoms with van der Waals surface area (Å²) >= 11 is 0. The van der Waals surface area contributed by atoms with Crippen LogP contribution in [0.3, 0.4) is 0 Å². The van der Waals surface area contributed by atoms with Gasteiger partial charge in [0.2, 0.25) is 0 Å². The number of hydrogen-bond donors (Lipinski definition) is 2. The van der Waals surface area contributed by atoms with Crippen molar-refractivity contribution in [3.8, 4) is 11.5 Å². The van der Waals surface area contributed by atoms with Crippen molar-refractivity contribution in [3.05, 3.63) is 54.1 Å². The van der Waals surface area contributed by atoms with Crippen LogP contribution in [-0.2, 0) is 9.47 Å². The van der Waals surface area contributed by atoms with E-state index in [-0.39, 0.29) is 12.1 Å². The van der Waals surface area contributed by atoms with Gasteiger partial charge < -0.3 is 24.8 Å². The van der Waals surface area contributed by atoms with E-state index in [1.54, 1.807) is 0 Å². The third-order valence-corrected chi connectivity index (χ3v) is 5.25. The number of carbonyl (C=O) groups excluding carboxylic acids is 1. The molecule has 0 bridgehead atoms. The van der Waals surface area contributed by atoms with Crippen LogP contribution in [0.5, 0.6) is 11.5 Å². The van der Waals surface area contributed by atoms with Crippen LogP contribution in [0.15, 0.2) is 48.5 Å². The molecule has 0 unspecified atom stereocenters. The van der Waals surface area contributed by atoms with Crippen LogP contribution in [-0.4, -0.2) is 31.1 Å². The summed E-state index contributed by atoms with van der Waals surface area (Å²) in [5, 5.41) is 5.97. The van der Waals surface area contributed by atoms with Gasteiger partial charge in [-0.3, -0.25) is 0 Å². The summed E-state index contributed by atoms with van der Waals surface area (Å²) < 4.78 is 17.5. The Morgan fingerprint density at radius 3 is 2.57 bits per heavy atom. The van der Waals surface area contributed by atoms with Crippen molar-refractivity contribution in [2.45, 2.75) is 44.4 Å². The molecule has 2 amide bonds. The van der Waals surface area contributed by atoms with Gasteiger partial charge >= 0.3 is 6.03 Å². The first-order chi connectivity index (χ1) is 13.6. The third-order valence-electron chi connectivity index (χ3n) is 5.25. The van der Waals surface area contributed by atoms with Crippen LogP contribution < -0.4 is 15.4 Å². The van der Waals surface area contributed by atoms with Crippen molar-refractivity contribution in [1.29, 1.82) is 0 Å². The van der Waals surface area contributed by atoms with E-state index in [0.29, 0.717) is 24.7 Å². The molecule has 2 fully saturated rings. The Morgan fingerprint density at radius 2 is 1.82 bits per heavy atom. The Balaban J connectivity index is 1.34. The second kappa shape index (κ2) is 8.20. The lowest BCUT2D eigenvalue weighted by molar-refractivity contribution is -0.179. The number of amides is 2. The molecule has 1 heterocycles. The molecule has 148 valence electrons. The van der Waals surface area contributed by atoms with Gasteiger partial charge in [0.1, 0.15) is 5.75 Å². The lowest BCUT2D eigenvalue weighted by Crippen LogP contribution is -2.45. The van der Waals surface area contributed by atoms with E-state index < -0.39 is 5.79 Å². The number of rotatable bonds is 4. The fraction of sp³-hybridized carbons (Fsp3) is 0.409. The summed E-state index contributed by atoms with van der Waals surface area (Å²) in [4.78, 5) is 12.5. The van der Waals surface area contributed by atoms with E-state index in [1.807, 2.05) is 55.5 Å². The number of anilines is 1. The minimum atomic E-state index is -0.414. The lowest BCUT2D eigenvalue weighted by Gasteiger charge is -2.35. The first-order valence-corrected chi connectivity index (χ1v) is 9.81. The van der Waals surface area contributed by atoms with Crippen molar-refractivity contribution in [3.63, 3.8) is 0 Å². The molecular formula is C22H26N2O4. The number of carbonyl (C=O) groups is 1. The predicted octanol–water partition coefficient (Wildman–Crippen LogP) is 4.59. The van der Waals surface area contributed by atoms with E-state index in [9.17, 15) is 4.79 Å². The average molecular weight is 382 g/mol. The van der Waals surface area contributed by atoms with Gasteiger partial charge in [0.25, 0.3) is 0 Å². The smallest absolute Gasteiger partial charge is 0.319 e. The molecule has 0 radical (unpaired) electrons. The number of ether oxygens (including phenoxy) is 3. The van der Waals surface area contributed by atoms with Crippen molar-refractivity contribution in [2.24, 2.45) is 0 Å². The molecule has 1 saturated carbocycles. The van der Waals surface area contributed by atoms with Crippen LogP contribution >= 0.6 is 0 Å². The maximum atomic E-state index is 12.5. The standard InChI is InChI=1S/C22H26N2O4/c1-16-5-4-6-18(15-16)28-20-8-3-2-7-19(20)24-21(25)23-17-9-11-22(12-10-17)26-13-14-27-22/h2-8,15,17H,9-14H2,1H3,(H2,23,24,25). The fourth-order valence-electron chi connectivity index (χ4n) is 3.80. The summed E-state index contributed by atoms with van der Waals surface area (Å²) in [7, 11) is 0. The number of aryl methyl sites for hydroxylation is 1. The van der Waals surface area contributed by atoms with E-state index in [0.717, 1.165) is 37.0 Å². The van der Waals surface area contributed by atoms with Gasteiger partial charge in [-0.25, -0.2) is 4.79 Å². The van der Waals surface area contributed by atoms with Crippen molar-refractivity contribution >= 4 is 11.7 Å². The number of para-hydroxylation sites is 2. The topological polar surface area (TPSA) is 68.8 Å². The highest BCUT2D eigenvalue weighted by Crippen LogP contribution is 2.36. The Morgan fingerprint density at radius 1 is 1.07 bits per heavy atom. The summed E-state index contributed by atoms with van der Waals surface area (Å²) in [6.07, 6.45) is 3.31. The van der Waals surface area contributed by atoms with E-state index in [1.165, 1.54) is 0 Å². The van der Waals surface area contributed by atoms with Crippen LogP contribution in [0.4, 0.5) is 10.5 Å². The minimum absolute atomic E-state index is 0.114. The molecule has 2 N–H and O–H groups in total. The third kappa shape index (κ3) is 4.46. The van der Waals surface area contributed by atoms with Gasteiger partial charge in [-0.1, -0.05) is 24.3 Å². The first kappa shape index (κ1) is 18.8. The highest BCUT2D eigenvalue weighted by Gasteiger charge is 2.40. The number of hydrogen-bond acceptors (Lipinski definition) is 4. The van der Waals surface area contributed by atoms with Gasteiger partial charge in [0, 0.05) is 18.9 Å². The summed E-state index contributed by atoms with van der Waals surface area (Å²) in [5.74, 6) is 0.936.